The van der Waals surface area contributed by atoms with Gasteiger partial charge in [0.05, 0.1) is 32.9 Å². The smallest absolute Gasteiger partial charge is 0.308 e. The van der Waals surface area contributed by atoms with Gasteiger partial charge in [-0.2, -0.15) is 0 Å². The van der Waals surface area contributed by atoms with Gasteiger partial charge in [-0.3, -0.25) is 9.20 Å². The highest BCUT2D eigenvalue weighted by atomic mass is 16.5. The van der Waals surface area contributed by atoms with Gasteiger partial charge in [0.25, 0.3) is 0 Å². The van der Waals surface area contributed by atoms with E-state index in [-0.39, 0.29) is 11.9 Å². The maximum Gasteiger partial charge on any atom is 0.308 e. The summed E-state index contributed by atoms with van der Waals surface area (Å²) in [5.74, 6) is 1.94. The predicted molar refractivity (Wildman–Crippen MR) is 108 cm³/mol. The number of fused-ring (bicyclic) bond motifs is 1. The van der Waals surface area contributed by atoms with Gasteiger partial charge in [0.15, 0.2) is 11.5 Å². The Balaban J connectivity index is 1.69. The van der Waals surface area contributed by atoms with Crippen LogP contribution in [-0.4, -0.2) is 54.8 Å². The number of aromatic nitrogens is 3. The van der Waals surface area contributed by atoms with Crippen molar-refractivity contribution in [1.82, 2.24) is 14.4 Å². The van der Waals surface area contributed by atoms with Gasteiger partial charge < -0.3 is 19.1 Å². The van der Waals surface area contributed by atoms with Gasteiger partial charge in [0.1, 0.15) is 5.65 Å². The van der Waals surface area contributed by atoms with Crippen molar-refractivity contribution in [2.75, 3.05) is 39.3 Å². The molecule has 1 fully saturated rings. The van der Waals surface area contributed by atoms with E-state index in [0.717, 1.165) is 48.8 Å². The van der Waals surface area contributed by atoms with E-state index in [1.165, 1.54) is 7.11 Å². The van der Waals surface area contributed by atoms with Crippen LogP contribution in [0, 0.1) is 5.92 Å². The molecule has 0 aliphatic carbocycles. The number of anilines is 1. The van der Waals surface area contributed by atoms with Crippen molar-refractivity contribution in [2.24, 2.45) is 5.92 Å². The quantitative estimate of drug-likeness (QED) is 0.614. The summed E-state index contributed by atoms with van der Waals surface area (Å²) >= 11 is 0. The fourth-order valence-corrected chi connectivity index (χ4v) is 3.76. The molecule has 0 radical (unpaired) electrons. The zero-order chi connectivity index (χ0) is 20.4. The average Bonchev–Trinajstić information content (AvgIpc) is 3.26. The summed E-state index contributed by atoms with van der Waals surface area (Å²) in [4.78, 5) is 23.4. The first-order valence-corrected chi connectivity index (χ1v) is 9.54. The molecule has 29 heavy (non-hydrogen) atoms. The lowest BCUT2D eigenvalue weighted by Gasteiger charge is -2.32. The zero-order valence-electron chi connectivity index (χ0n) is 16.8. The van der Waals surface area contributed by atoms with Gasteiger partial charge in [-0.1, -0.05) is 0 Å². The fraction of sp³-hybridized carbons (Fsp3) is 0.381. The molecule has 3 aromatic rings. The second kappa shape index (κ2) is 7.98. The molecular weight excluding hydrogens is 372 g/mol. The number of esters is 1. The lowest BCUT2D eigenvalue weighted by Crippen LogP contribution is -2.38. The normalized spacial score (nSPS) is 14.8. The third-order valence-electron chi connectivity index (χ3n) is 5.36. The number of carbonyl (C=O) groups excluding carboxylic acids is 1. The van der Waals surface area contributed by atoms with Crippen molar-refractivity contribution >= 4 is 17.6 Å². The Bertz CT molecular complexity index is 1020. The first kappa shape index (κ1) is 19.0. The number of methoxy groups -OCH3 is 3. The van der Waals surface area contributed by atoms with Crippen LogP contribution in [-0.2, 0) is 9.53 Å². The van der Waals surface area contributed by atoms with Crippen molar-refractivity contribution in [3.8, 4) is 22.8 Å². The Morgan fingerprint density at radius 3 is 2.52 bits per heavy atom. The van der Waals surface area contributed by atoms with Crippen LogP contribution >= 0.6 is 0 Å². The Morgan fingerprint density at radius 2 is 1.83 bits per heavy atom. The molecule has 8 heteroatoms. The van der Waals surface area contributed by atoms with E-state index >= 15 is 0 Å². The second-order valence-corrected chi connectivity index (χ2v) is 6.95. The van der Waals surface area contributed by atoms with Crippen LogP contribution in [0.5, 0.6) is 11.5 Å². The van der Waals surface area contributed by atoms with Crippen LogP contribution in [0.2, 0.25) is 0 Å². The van der Waals surface area contributed by atoms with Crippen molar-refractivity contribution in [1.29, 1.82) is 0 Å². The molecule has 1 aromatic carbocycles. The topological polar surface area (TPSA) is 78.2 Å². The third-order valence-corrected chi connectivity index (χ3v) is 5.36. The van der Waals surface area contributed by atoms with Crippen molar-refractivity contribution in [3.05, 3.63) is 36.7 Å². The molecule has 0 atom stereocenters. The van der Waals surface area contributed by atoms with E-state index in [0.29, 0.717) is 11.5 Å². The zero-order valence-corrected chi connectivity index (χ0v) is 16.8. The lowest BCUT2D eigenvalue weighted by atomic mass is 9.97. The fourth-order valence-electron chi connectivity index (χ4n) is 3.76. The Labute approximate surface area is 169 Å². The van der Waals surface area contributed by atoms with Crippen LogP contribution in [0.1, 0.15) is 12.8 Å². The molecule has 2 aromatic heterocycles. The van der Waals surface area contributed by atoms with Gasteiger partial charge in [-0.15, -0.1) is 0 Å². The first-order chi connectivity index (χ1) is 14.1. The molecule has 4 rings (SSSR count). The Kier molecular flexibility index (Phi) is 5.24. The van der Waals surface area contributed by atoms with Crippen molar-refractivity contribution in [3.63, 3.8) is 0 Å². The number of rotatable bonds is 5. The molecule has 1 aliphatic heterocycles. The maximum atomic E-state index is 11.8. The highest BCUT2D eigenvalue weighted by molar-refractivity contribution is 5.73. The summed E-state index contributed by atoms with van der Waals surface area (Å²) in [5, 5.41) is 0. The average molecular weight is 396 g/mol. The van der Waals surface area contributed by atoms with Crippen LogP contribution in [0.4, 0.5) is 5.95 Å². The van der Waals surface area contributed by atoms with Crippen molar-refractivity contribution < 1.29 is 19.0 Å². The maximum absolute atomic E-state index is 11.8. The number of ether oxygens (including phenoxy) is 3. The summed E-state index contributed by atoms with van der Waals surface area (Å²) in [5.41, 5.74) is 2.53. The standard InChI is InChI=1S/C21H24N4O4/c1-27-17-5-4-15(12-18(17)28-2)16-13-19-22-8-11-25(19)21(23-16)24-9-6-14(7-10-24)20(26)29-3/h4-5,8,11-14H,6-7,9-10H2,1-3H3. The molecule has 0 unspecified atom stereocenters. The number of imidazole rings is 1. The molecule has 152 valence electrons. The number of carbonyl (C=O) groups is 1. The lowest BCUT2D eigenvalue weighted by molar-refractivity contribution is -0.146. The van der Waals surface area contributed by atoms with E-state index in [4.69, 9.17) is 19.2 Å². The van der Waals surface area contributed by atoms with Crippen LogP contribution in [0.15, 0.2) is 36.7 Å². The number of nitrogens with zero attached hydrogens (tertiary/aromatic N) is 4. The largest absolute Gasteiger partial charge is 0.493 e. The van der Waals surface area contributed by atoms with Gasteiger partial charge >= 0.3 is 5.97 Å². The molecule has 8 nitrogen and oxygen atoms in total. The van der Waals surface area contributed by atoms with E-state index in [1.807, 2.05) is 34.9 Å². The SMILES string of the molecule is COC(=O)C1CCN(c2nc(-c3ccc(OC)c(OC)c3)cc3nccn23)CC1. The first-order valence-electron chi connectivity index (χ1n) is 9.54. The number of benzene rings is 1. The summed E-state index contributed by atoms with van der Waals surface area (Å²) < 4.78 is 17.6. The minimum atomic E-state index is -0.135. The molecule has 0 N–H and O–H groups in total. The molecule has 1 aliphatic rings. The Morgan fingerprint density at radius 1 is 1.07 bits per heavy atom. The van der Waals surface area contributed by atoms with Crippen molar-refractivity contribution in [2.45, 2.75) is 12.8 Å². The van der Waals surface area contributed by atoms with E-state index in [2.05, 4.69) is 9.88 Å². The molecular formula is C21H24N4O4. The number of piperidine rings is 1. The van der Waals surface area contributed by atoms with Gasteiger partial charge in [0, 0.05) is 37.1 Å². The van der Waals surface area contributed by atoms with Crippen LogP contribution < -0.4 is 14.4 Å². The summed E-state index contributed by atoms with van der Waals surface area (Å²) in [6.07, 6.45) is 5.15. The molecule has 1 saturated heterocycles. The minimum absolute atomic E-state index is 0.0523. The van der Waals surface area contributed by atoms with E-state index < -0.39 is 0 Å². The molecule has 0 amide bonds. The highest BCUT2D eigenvalue weighted by Crippen LogP contribution is 2.33. The molecule has 3 heterocycles. The Hall–Kier alpha value is -3.29. The minimum Gasteiger partial charge on any atom is -0.493 e. The number of hydrogen-bond acceptors (Lipinski definition) is 7. The van der Waals surface area contributed by atoms with Gasteiger partial charge in [-0.05, 0) is 31.0 Å². The highest BCUT2D eigenvalue weighted by Gasteiger charge is 2.27. The molecule has 0 saturated carbocycles. The summed E-state index contributed by atoms with van der Waals surface area (Å²) in [6.45, 7) is 1.46. The van der Waals surface area contributed by atoms with E-state index in [1.54, 1.807) is 20.4 Å². The molecule has 0 spiro atoms. The van der Waals surface area contributed by atoms with Gasteiger partial charge in [-0.25, -0.2) is 9.97 Å². The van der Waals surface area contributed by atoms with Crippen LogP contribution in [0.3, 0.4) is 0 Å². The summed E-state index contributed by atoms with van der Waals surface area (Å²) in [7, 11) is 4.67. The third kappa shape index (κ3) is 3.57. The number of hydrogen-bond donors (Lipinski definition) is 0. The molecule has 0 bridgehead atoms. The predicted octanol–water partition coefficient (Wildman–Crippen LogP) is 2.80. The van der Waals surface area contributed by atoms with Gasteiger partial charge in [0.2, 0.25) is 5.95 Å². The monoisotopic (exact) mass is 396 g/mol. The summed E-state index contributed by atoms with van der Waals surface area (Å²) in [6, 6.07) is 7.68. The van der Waals surface area contributed by atoms with E-state index in [9.17, 15) is 4.79 Å². The van der Waals surface area contributed by atoms with Crippen LogP contribution in [0.25, 0.3) is 16.9 Å². The second-order valence-electron chi connectivity index (χ2n) is 6.95.